The average Bonchev–Trinajstić information content (AvgIpc) is 2.87. The van der Waals surface area contributed by atoms with Gasteiger partial charge < -0.3 is 9.64 Å². The fraction of sp³-hybridized carbons (Fsp3) is 0.500. The number of ether oxygens (including phenoxy) is 1. The fourth-order valence-electron chi connectivity index (χ4n) is 1.19. The highest BCUT2D eigenvalue weighted by atomic mass is 79.9. The topological polar surface area (TPSA) is 25.4 Å². The second-order valence-corrected chi connectivity index (χ2v) is 4.54. The van der Waals surface area contributed by atoms with Gasteiger partial charge in [-0.3, -0.25) is 0 Å². The smallest absolute Gasteiger partial charge is 0.142 e. The van der Waals surface area contributed by atoms with E-state index in [0.717, 1.165) is 16.0 Å². The number of aromatic nitrogens is 1. The summed E-state index contributed by atoms with van der Waals surface area (Å²) in [4.78, 5) is 6.28. The molecule has 0 bridgehead atoms. The molecule has 0 unspecified atom stereocenters. The SMILES string of the molecule is CN(C)c1ncc(OC2CC2)cc1Br. The van der Waals surface area contributed by atoms with Gasteiger partial charge in [-0.15, -0.1) is 0 Å². The van der Waals surface area contributed by atoms with E-state index in [1.807, 2.05) is 25.1 Å². The van der Waals surface area contributed by atoms with E-state index in [1.54, 1.807) is 6.20 Å². The molecule has 76 valence electrons. The molecule has 0 aromatic carbocycles. The summed E-state index contributed by atoms with van der Waals surface area (Å²) >= 11 is 3.47. The summed E-state index contributed by atoms with van der Waals surface area (Å²) in [7, 11) is 3.93. The van der Waals surface area contributed by atoms with Gasteiger partial charge in [0.2, 0.25) is 0 Å². The van der Waals surface area contributed by atoms with Crippen molar-refractivity contribution in [3.8, 4) is 5.75 Å². The largest absolute Gasteiger partial charge is 0.489 e. The third-order valence-corrected chi connectivity index (χ3v) is 2.63. The third kappa shape index (κ3) is 2.18. The van der Waals surface area contributed by atoms with E-state index in [4.69, 9.17) is 4.74 Å². The van der Waals surface area contributed by atoms with Crippen molar-refractivity contribution >= 4 is 21.7 Å². The van der Waals surface area contributed by atoms with E-state index in [-0.39, 0.29) is 0 Å². The molecule has 14 heavy (non-hydrogen) atoms. The highest BCUT2D eigenvalue weighted by Gasteiger charge is 2.23. The molecule has 1 heterocycles. The maximum absolute atomic E-state index is 5.63. The summed E-state index contributed by atoms with van der Waals surface area (Å²) in [5.74, 6) is 1.78. The fourth-order valence-corrected chi connectivity index (χ4v) is 1.87. The zero-order chi connectivity index (χ0) is 10.1. The lowest BCUT2D eigenvalue weighted by Gasteiger charge is -2.14. The van der Waals surface area contributed by atoms with Gasteiger partial charge in [-0.05, 0) is 34.8 Å². The zero-order valence-corrected chi connectivity index (χ0v) is 9.91. The first-order chi connectivity index (χ1) is 6.66. The first-order valence-electron chi connectivity index (χ1n) is 4.66. The monoisotopic (exact) mass is 256 g/mol. The van der Waals surface area contributed by atoms with Crippen molar-refractivity contribution in [2.24, 2.45) is 0 Å². The summed E-state index contributed by atoms with van der Waals surface area (Å²) in [6.07, 6.45) is 4.55. The molecule has 4 heteroatoms. The molecule has 1 aromatic rings. The molecule has 1 fully saturated rings. The van der Waals surface area contributed by atoms with Crippen molar-refractivity contribution in [3.05, 3.63) is 16.7 Å². The van der Waals surface area contributed by atoms with E-state index in [2.05, 4.69) is 20.9 Å². The molecule has 2 rings (SSSR count). The Morgan fingerprint density at radius 2 is 2.21 bits per heavy atom. The molecule has 0 spiro atoms. The van der Waals surface area contributed by atoms with Crippen LogP contribution in [0.3, 0.4) is 0 Å². The third-order valence-electron chi connectivity index (χ3n) is 2.05. The lowest BCUT2D eigenvalue weighted by molar-refractivity contribution is 0.302. The summed E-state index contributed by atoms with van der Waals surface area (Å²) in [6.45, 7) is 0. The lowest BCUT2D eigenvalue weighted by Crippen LogP contribution is -2.11. The van der Waals surface area contributed by atoms with Crippen LogP contribution in [0.5, 0.6) is 5.75 Å². The van der Waals surface area contributed by atoms with Crippen molar-refractivity contribution in [2.75, 3.05) is 19.0 Å². The molecule has 0 atom stereocenters. The predicted octanol–water partition coefficient (Wildman–Crippen LogP) is 2.45. The first-order valence-corrected chi connectivity index (χ1v) is 5.45. The van der Waals surface area contributed by atoms with Crippen LogP contribution < -0.4 is 9.64 Å². The molecular weight excluding hydrogens is 244 g/mol. The molecular formula is C10H13BrN2O. The quantitative estimate of drug-likeness (QED) is 0.831. The van der Waals surface area contributed by atoms with E-state index in [1.165, 1.54) is 12.8 Å². The van der Waals surface area contributed by atoms with Crippen LogP contribution in [-0.2, 0) is 0 Å². The Morgan fingerprint density at radius 3 is 2.71 bits per heavy atom. The summed E-state index contributed by atoms with van der Waals surface area (Å²) < 4.78 is 6.60. The van der Waals surface area contributed by atoms with Gasteiger partial charge in [-0.1, -0.05) is 0 Å². The summed E-state index contributed by atoms with van der Waals surface area (Å²) in [5.41, 5.74) is 0. The predicted molar refractivity (Wildman–Crippen MR) is 59.9 cm³/mol. The highest BCUT2D eigenvalue weighted by molar-refractivity contribution is 9.10. The number of halogens is 1. The second-order valence-electron chi connectivity index (χ2n) is 3.69. The van der Waals surface area contributed by atoms with Gasteiger partial charge in [0.05, 0.1) is 16.8 Å². The van der Waals surface area contributed by atoms with Crippen molar-refractivity contribution in [1.82, 2.24) is 4.98 Å². The van der Waals surface area contributed by atoms with Gasteiger partial charge in [0.1, 0.15) is 11.6 Å². The highest BCUT2D eigenvalue weighted by Crippen LogP contribution is 2.30. The van der Waals surface area contributed by atoms with Gasteiger partial charge in [0, 0.05) is 14.1 Å². The molecule has 0 radical (unpaired) electrons. The van der Waals surface area contributed by atoms with Crippen LogP contribution in [0.1, 0.15) is 12.8 Å². The Kier molecular flexibility index (Phi) is 2.63. The van der Waals surface area contributed by atoms with Gasteiger partial charge in [0.15, 0.2) is 0 Å². The van der Waals surface area contributed by atoms with Crippen LogP contribution in [-0.4, -0.2) is 25.2 Å². The lowest BCUT2D eigenvalue weighted by atomic mass is 10.4. The number of pyridine rings is 1. The van der Waals surface area contributed by atoms with Crippen LogP contribution in [0, 0.1) is 0 Å². The number of nitrogens with zero attached hydrogens (tertiary/aromatic N) is 2. The number of hydrogen-bond acceptors (Lipinski definition) is 3. The van der Waals surface area contributed by atoms with E-state index in [9.17, 15) is 0 Å². The Balaban J connectivity index is 2.16. The maximum Gasteiger partial charge on any atom is 0.142 e. The van der Waals surface area contributed by atoms with Gasteiger partial charge in [-0.25, -0.2) is 4.98 Å². The van der Waals surface area contributed by atoms with Gasteiger partial charge in [-0.2, -0.15) is 0 Å². The summed E-state index contributed by atoms with van der Waals surface area (Å²) in [6, 6.07) is 1.97. The molecule has 1 aliphatic rings. The van der Waals surface area contributed by atoms with E-state index in [0.29, 0.717) is 6.10 Å². The Labute approximate surface area is 92.2 Å². The number of hydrogen-bond donors (Lipinski definition) is 0. The standard InChI is InChI=1S/C10H13BrN2O/c1-13(2)10-9(11)5-8(6-12-10)14-7-3-4-7/h5-7H,3-4H2,1-2H3. The van der Waals surface area contributed by atoms with Crippen molar-refractivity contribution in [1.29, 1.82) is 0 Å². The van der Waals surface area contributed by atoms with Gasteiger partial charge >= 0.3 is 0 Å². The van der Waals surface area contributed by atoms with E-state index < -0.39 is 0 Å². The first kappa shape index (κ1) is 9.77. The minimum absolute atomic E-state index is 0.425. The molecule has 0 amide bonds. The number of rotatable bonds is 3. The Bertz CT molecular complexity index is 337. The second kappa shape index (κ2) is 3.77. The molecule has 1 saturated carbocycles. The molecule has 0 saturated heterocycles. The summed E-state index contributed by atoms with van der Waals surface area (Å²) in [5, 5.41) is 0. The molecule has 0 aliphatic heterocycles. The van der Waals surface area contributed by atoms with Crippen LogP contribution in [0.15, 0.2) is 16.7 Å². The van der Waals surface area contributed by atoms with Gasteiger partial charge in [0.25, 0.3) is 0 Å². The maximum atomic E-state index is 5.63. The molecule has 3 nitrogen and oxygen atoms in total. The number of anilines is 1. The molecule has 1 aromatic heterocycles. The van der Waals surface area contributed by atoms with Crippen molar-refractivity contribution < 1.29 is 4.74 Å². The minimum Gasteiger partial charge on any atom is -0.489 e. The van der Waals surface area contributed by atoms with Crippen molar-refractivity contribution in [2.45, 2.75) is 18.9 Å². The average molecular weight is 257 g/mol. The Morgan fingerprint density at radius 1 is 1.50 bits per heavy atom. The molecule has 0 N–H and O–H groups in total. The van der Waals surface area contributed by atoms with Crippen LogP contribution in [0.2, 0.25) is 0 Å². The zero-order valence-electron chi connectivity index (χ0n) is 8.33. The van der Waals surface area contributed by atoms with Crippen LogP contribution in [0.4, 0.5) is 5.82 Å². The molecule has 1 aliphatic carbocycles. The normalized spacial score (nSPS) is 15.4. The Hall–Kier alpha value is -0.770. The minimum atomic E-state index is 0.425. The van der Waals surface area contributed by atoms with Crippen LogP contribution in [0.25, 0.3) is 0 Å². The van der Waals surface area contributed by atoms with Crippen LogP contribution >= 0.6 is 15.9 Å². The van der Waals surface area contributed by atoms with E-state index >= 15 is 0 Å². The van der Waals surface area contributed by atoms with Crippen molar-refractivity contribution in [3.63, 3.8) is 0 Å².